The van der Waals surface area contributed by atoms with Crippen LogP contribution < -0.4 is 0 Å². The van der Waals surface area contributed by atoms with E-state index < -0.39 is 0 Å². The topological polar surface area (TPSA) is 58.3 Å². The minimum atomic E-state index is 0.0332. The van der Waals surface area contributed by atoms with Gasteiger partial charge in [-0.25, -0.2) is 4.68 Å². The number of rotatable bonds is 3. The van der Waals surface area contributed by atoms with Gasteiger partial charge in [-0.1, -0.05) is 17.7 Å². The monoisotopic (exact) mass is 238 g/mol. The molecule has 2 N–H and O–H groups in total. The summed E-state index contributed by atoms with van der Waals surface area (Å²) in [6.07, 6.45) is 2.08. The van der Waals surface area contributed by atoms with Gasteiger partial charge < -0.3 is 10.2 Å². The van der Waals surface area contributed by atoms with Crippen LogP contribution in [0.5, 0.6) is 5.75 Å². The van der Waals surface area contributed by atoms with E-state index in [0.717, 1.165) is 5.56 Å². The van der Waals surface area contributed by atoms with Crippen molar-refractivity contribution in [2.24, 2.45) is 0 Å². The van der Waals surface area contributed by atoms with Crippen LogP contribution >= 0.6 is 11.6 Å². The van der Waals surface area contributed by atoms with Gasteiger partial charge in [-0.2, -0.15) is 5.10 Å². The first-order valence-electron chi connectivity index (χ1n) is 4.85. The average molecular weight is 239 g/mol. The number of phenols is 1. The van der Waals surface area contributed by atoms with Gasteiger partial charge in [0.05, 0.1) is 11.9 Å². The second-order valence-electron chi connectivity index (χ2n) is 3.37. The molecule has 16 heavy (non-hydrogen) atoms. The van der Waals surface area contributed by atoms with Crippen LogP contribution in [0.1, 0.15) is 5.56 Å². The number of hydrogen-bond donors (Lipinski definition) is 2. The van der Waals surface area contributed by atoms with Crippen molar-refractivity contribution in [3.63, 3.8) is 0 Å². The molecular formula is C11H11ClN2O2. The third-order valence-electron chi connectivity index (χ3n) is 2.24. The average Bonchev–Trinajstić information content (AvgIpc) is 2.61. The molecule has 0 bridgehead atoms. The van der Waals surface area contributed by atoms with Crippen LogP contribution in [-0.2, 0) is 6.42 Å². The van der Waals surface area contributed by atoms with Crippen molar-refractivity contribution in [2.45, 2.75) is 6.42 Å². The Kier molecular flexibility index (Phi) is 3.12. The molecule has 0 unspecified atom stereocenters. The Morgan fingerprint density at radius 3 is 2.88 bits per heavy atom. The number of benzene rings is 1. The second kappa shape index (κ2) is 4.55. The van der Waals surface area contributed by atoms with Crippen molar-refractivity contribution in [1.82, 2.24) is 9.78 Å². The molecule has 4 nitrogen and oxygen atoms in total. The molecule has 0 spiro atoms. The molecule has 0 saturated carbocycles. The van der Waals surface area contributed by atoms with Crippen molar-refractivity contribution in [2.75, 3.05) is 6.61 Å². The van der Waals surface area contributed by atoms with Crippen LogP contribution in [0.2, 0.25) is 5.15 Å². The van der Waals surface area contributed by atoms with Crippen LogP contribution in [0.25, 0.3) is 5.69 Å². The number of aromatic nitrogens is 2. The van der Waals surface area contributed by atoms with E-state index in [9.17, 15) is 5.11 Å². The molecule has 0 fully saturated rings. The summed E-state index contributed by atoms with van der Waals surface area (Å²) in [4.78, 5) is 0. The summed E-state index contributed by atoms with van der Waals surface area (Å²) in [5.41, 5.74) is 1.47. The molecule has 1 aromatic heterocycles. The highest BCUT2D eigenvalue weighted by Gasteiger charge is 2.09. The van der Waals surface area contributed by atoms with Gasteiger partial charge in [-0.3, -0.25) is 0 Å². The highest BCUT2D eigenvalue weighted by molar-refractivity contribution is 6.30. The Morgan fingerprint density at radius 2 is 2.19 bits per heavy atom. The molecule has 2 aromatic rings. The number of aliphatic hydroxyl groups excluding tert-OH is 1. The van der Waals surface area contributed by atoms with Crippen LogP contribution in [0.3, 0.4) is 0 Å². The zero-order valence-electron chi connectivity index (χ0n) is 8.47. The maximum atomic E-state index is 9.35. The maximum absolute atomic E-state index is 9.35. The van der Waals surface area contributed by atoms with Gasteiger partial charge in [0.1, 0.15) is 10.9 Å². The Morgan fingerprint density at radius 1 is 1.38 bits per heavy atom. The van der Waals surface area contributed by atoms with E-state index in [4.69, 9.17) is 16.7 Å². The van der Waals surface area contributed by atoms with Crippen LogP contribution in [0.4, 0.5) is 0 Å². The molecule has 0 aliphatic heterocycles. The van der Waals surface area contributed by atoms with Gasteiger partial charge in [-0.05, 0) is 12.1 Å². The van der Waals surface area contributed by atoms with Crippen molar-refractivity contribution in [3.05, 3.63) is 41.2 Å². The number of nitrogens with zero attached hydrogens (tertiary/aromatic N) is 2. The first-order valence-corrected chi connectivity index (χ1v) is 5.23. The van der Waals surface area contributed by atoms with Gasteiger partial charge in [0.15, 0.2) is 0 Å². The molecule has 0 atom stereocenters. The smallest absolute Gasteiger partial charge is 0.136 e. The zero-order valence-corrected chi connectivity index (χ0v) is 9.22. The minimum Gasteiger partial charge on any atom is -0.508 e. The summed E-state index contributed by atoms with van der Waals surface area (Å²) in [5.74, 6) is 0.160. The Hall–Kier alpha value is -1.52. The summed E-state index contributed by atoms with van der Waals surface area (Å²) in [6, 6.07) is 6.66. The molecule has 2 rings (SSSR count). The Balaban J connectivity index is 2.41. The molecule has 1 heterocycles. The van der Waals surface area contributed by atoms with E-state index in [-0.39, 0.29) is 12.4 Å². The summed E-state index contributed by atoms with van der Waals surface area (Å²) < 4.78 is 1.52. The Labute approximate surface area is 97.7 Å². The molecule has 0 aliphatic rings. The fraction of sp³-hybridized carbons (Fsp3) is 0.182. The third-order valence-corrected chi connectivity index (χ3v) is 2.64. The fourth-order valence-electron chi connectivity index (χ4n) is 1.46. The van der Waals surface area contributed by atoms with Gasteiger partial charge >= 0.3 is 0 Å². The summed E-state index contributed by atoms with van der Waals surface area (Å²) >= 11 is 6.10. The molecule has 0 amide bonds. The van der Waals surface area contributed by atoms with Crippen molar-refractivity contribution >= 4 is 11.6 Å². The van der Waals surface area contributed by atoms with Crippen molar-refractivity contribution in [3.8, 4) is 11.4 Å². The molecule has 1 aromatic carbocycles. The lowest BCUT2D eigenvalue weighted by atomic mass is 10.2. The molecule has 0 radical (unpaired) electrons. The van der Waals surface area contributed by atoms with E-state index in [0.29, 0.717) is 17.3 Å². The quantitative estimate of drug-likeness (QED) is 0.857. The second-order valence-corrected chi connectivity index (χ2v) is 3.72. The maximum Gasteiger partial charge on any atom is 0.136 e. The first kappa shape index (κ1) is 11.0. The lowest BCUT2D eigenvalue weighted by molar-refractivity contribution is 0.299. The SMILES string of the molecule is OCCc1cnn(-c2cccc(O)c2)c1Cl. The standard InChI is InChI=1S/C11H11ClN2O2/c12-11-8(4-5-15)7-13-14(11)9-2-1-3-10(16)6-9/h1-3,6-7,15-16H,4-5H2. The summed E-state index contributed by atoms with van der Waals surface area (Å²) in [5, 5.41) is 22.7. The van der Waals surface area contributed by atoms with E-state index in [1.807, 2.05) is 0 Å². The van der Waals surface area contributed by atoms with E-state index in [1.54, 1.807) is 30.5 Å². The lowest BCUT2D eigenvalue weighted by Gasteiger charge is -2.03. The lowest BCUT2D eigenvalue weighted by Crippen LogP contribution is -1.96. The molecule has 5 heteroatoms. The highest BCUT2D eigenvalue weighted by atomic mass is 35.5. The number of aliphatic hydroxyl groups is 1. The third kappa shape index (κ3) is 2.03. The number of phenolic OH excluding ortho intramolecular Hbond substituents is 1. The first-order chi connectivity index (χ1) is 7.72. The predicted octanol–water partition coefficient (Wildman–Crippen LogP) is 1.77. The van der Waals surface area contributed by atoms with Gasteiger partial charge in [0, 0.05) is 24.7 Å². The van der Waals surface area contributed by atoms with Gasteiger partial charge in [0.25, 0.3) is 0 Å². The summed E-state index contributed by atoms with van der Waals surface area (Å²) in [6.45, 7) is 0.0332. The molecule has 84 valence electrons. The zero-order chi connectivity index (χ0) is 11.5. The van der Waals surface area contributed by atoms with Crippen molar-refractivity contribution < 1.29 is 10.2 Å². The van der Waals surface area contributed by atoms with Gasteiger partial charge in [0.2, 0.25) is 0 Å². The molecule has 0 saturated heterocycles. The van der Waals surface area contributed by atoms with E-state index in [2.05, 4.69) is 5.10 Å². The largest absolute Gasteiger partial charge is 0.508 e. The van der Waals surface area contributed by atoms with Gasteiger partial charge in [-0.15, -0.1) is 0 Å². The van der Waals surface area contributed by atoms with E-state index >= 15 is 0 Å². The molecule has 0 aliphatic carbocycles. The van der Waals surface area contributed by atoms with E-state index in [1.165, 1.54) is 4.68 Å². The fourth-order valence-corrected chi connectivity index (χ4v) is 1.74. The predicted molar refractivity (Wildman–Crippen MR) is 61.0 cm³/mol. The molecular weight excluding hydrogens is 228 g/mol. The van der Waals surface area contributed by atoms with Crippen LogP contribution in [0.15, 0.2) is 30.5 Å². The minimum absolute atomic E-state index is 0.0332. The van der Waals surface area contributed by atoms with Crippen molar-refractivity contribution in [1.29, 1.82) is 0 Å². The highest BCUT2D eigenvalue weighted by Crippen LogP contribution is 2.22. The number of aromatic hydroxyl groups is 1. The Bertz CT molecular complexity index is 496. The summed E-state index contributed by atoms with van der Waals surface area (Å²) in [7, 11) is 0. The number of halogens is 1. The van der Waals surface area contributed by atoms with Crippen LogP contribution in [0, 0.1) is 0 Å². The number of hydrogen-bond acceptors (Lipinski definition) is 3. The van der Waals surface area contributed by atoms with Crippen LogP contribution in [-0.4, -0.2) is 26.6 Å². The normalized spacial score (nSPS) is 10.6.